The molecule has 0 fully saturated rings. The lowest BCUT2D eigenvalue weighted by Gasteiger charge is -2.33. The minimum Gasteiger partial charge on any atom is -0.455 e. The topological polar surface area (TPSA) is 26.3 Å². The Bertz CT molecular complexity index is 1220. The van der Waals surface area contributed by atoms with Gasteiger partial charge in [-0.25, -0.2) is 4.79 Å². The van der Waals surface area contributed by atoms with Crippen LogP contribution in [0.25, 0.3) is 25.1 Å². The van der Waals surface area contributed by atoms with Gasteiger partial charge in [0.25, 0.3) is 0 Å². The quantitative estimate of drug-likeness (QED) is 0.187. The van der Waals surface area contributed by atoms with E-state index >= 15 is 0 Å². The second-order valence-corrected chi connectivity index (χ2v) is 10.7. The molecule has 0 spiro atoms. The molecular formula is C28H27O2S+. The van der Waals surface area contributed by atoms with Gasteiger partial charge in [-0.2, -0.15) is 0 Å². The maximum absolute atomic E-state index is 12.9. The Morgan fingerprint density at radius 3 is 2.10 bits per heavy atom. The lowest BCUT2D eigenvalue weighted by Crippen LogP contribution is -2.36. The Hall–Kier alpha value is -2.91. The van der Waals surface area contributed by atoms with Gasteiger partial charge in [-0.3, -0.25) is 0 Å². The minimum atomic E-state index is -0.502. The molecule has 1 unspecified atom stereocenters. The van der Waals surface area contributed by atoms with Crippen LogP contribution in [0, 0.1) is 5.92 Å². The van der Waals surface area contributed by atoms with E-state index in [-0.39, 0.29) is 22.4 Å². The van der Waals surface area contributed by atoms with Crippen LogP contribution in [-0.2, 0) is 4.74 Å². The number of hydrogen-bond acceptors (Lipinski definition) is 2. The predicted octanol–water partition coefficient (Wildman–Crippen LogP) is 8.02. The van der Waals surface area contributed by atoms with Crippen LogP contribution < -0.4 is 0 Å². The molecule has 3 heteroatoms. The molecular weight excluding hydrogens is 400 g/mol. The van der Waals surface area contributed by atoms with E-state index in [9.17, 15) is 4.79 Å². The summed E-state index contributed by atoms with van der Waals surface area (Å²) in [6.07, 6.45) is 7.75. The van der Waals surface area contributed by atoms with Crippen LogP contribution in [0.4, 0.5) is 0 Å². The largest absolute Gasteiger partial charge is 0.455 e. The van der Waals surface area contributed by atoms with E-state index in [4.69, 9.17) is 4.74 Å². The lowest BCUT2D eigenvalue weighted by atomic mass is 9.83. The van der Waals surface area contributed by atoms with Crippen molar-refractivity contribution in [3.63, 3.8) is 0 Å². The number of carbonyl (C=O) groups excluding carboxylic acids is 1. The zero-order chi connectivity index (χ0) is 21.4. The molecule has 1 atom stereocenters. The van der Waals surface area contributed by atoms with Gasteiger partial charge in [0, 0.05) is 27.2 Å². The number of esters is 1. The molecule has 0 N–H and O–H groups in total. The Labute approximate surface area is 186 Å². The van der Waals surface area contributed by atoms with Gasteiger partial charge < -0.3 is 4.74 Å². The molecule has 31 heavy (non-hydrogen) atoms. The molecule has 1 heterocycles. The smallest absolute Gasteiger partial charge is 0.338 e. The second kappa shape index (κ2) is 7.97. The third-order valence-corrected chi connectivity index (χ3v) is 8.67. The molecule has 1 aliphatic rings. The normalized spacial score (nSPS) is 16.6. The van der Waals surface area contributed by atoms with E-state index in [1.54, 1.807) is 0 Å². The van der Waals surface area contributed by atoms with E-state index in [1.165, 1.54) is 25.1 Å². The van der Waals surface area contributed by atoms with Gasteiger partial charge in [-0.15, -0.1) is 0 Å². The molecule has 1 aliphatic carbocycles. The highest BCUT2D eigenvalue weighted by atomic mass is 32.2. The number of allylic oxidation sites excluding steroid dienone is 1. The van der Waals surface area contributed by atoms with E-state index in [2.05, 4.69) is 72.8 Å². The van der Waals surface area contributed by atoms with E-state index in [1.807, 2.05) is 26.0 Å². The van der Waals surface area contributed by atoms with Crippen molar-refractivity contribution >= 4 is 36.6 Å². The number of benzene rings is 3. The lowest BCUT2D eigenvalue weighted by molar-refractivity contribution is -0.0225. The molecule has 1 aromatic heterocycles. The summed E-state index contributed by atoms with van der Waals surface area (Å²) >= 11 is 0. The number of rotatable bonds is 4. The molecule has 0 radical (unpaired) electrons. The van der Waals surface area contributed by atoms with Crippen molar-refractivity contribution in [2.75, 3.05) is 0 Å². The minimum absolute atomic E-state index is 0.146. The Kier molecular flexibility index (Phi) is 5.15. The molecule has 2 nitrogen and oxygen atoms in total. The van der Waals surface area contributed by atoms with Crippen molar-refractivity contribution in [2.45, 2.75) is 38.7 Å². The fourth-order valence-electron chi connectivity index (χ4n) is 4.60. The average molecular weight is 428 g/mol. The standard InChI is InChI=1S/C28H27O2S/c1-28(2,21-10-4-3-5-11-21)30-27(29)20-16-18-22(19-17-20)31-25-14-8-6-12-23(25)24-13-7-9-15-26(24)31/h4,6-10,12-19,21H,3,5,11H2,1-2H3/q+1. The molecule has 0 amide bonds. The van der Waals surface area contributed by atoms with Gasteiger partial charge in [0.1, 0.15) is 5.60 Å². The summed E-state index contributed by atoms with van der Waals surface area (Å²) in [6.45, 7) is 4.04. The summed E-state index contributed by atoms with van der Waals surface area (Å²) in [5.41, 5.74) is 0.110. The van der Waals surface area contributed by atoms with Crippen LogP contribution in [0.5, 0.6) is 0 Å². The van der Waals surface area contributed by atoms with Crippen molar-refractivity contribution in [3.05, 3.63) is 90.5 Å². The van der Waals surface area contributed by atoms with Gasteiger partial charge in [0.2, 0.25) is 0 Å². The molecule has 0 saturated carbocycles. The summed E-state index contributed by atoms with van der Waals surface area (Å²) in [5.74, 6) is 0.0310. The van der Waals surface area contributed by atoms with Gasteiger partial charge in [0.05, 0.1) is 5.56 Å². The highest BCUT2D eigenvalue weighted by molar-refractivity contribution is 7.50. The van der Waals surface area contributed by atoms with Crippen molar-refractivity contribution in [3.8, 4) is 4.90 Å². The molecule has 156 valence electrons. The first-order valence-corrected chi connectivity index (χ1v) is 12.2. The third-order valence-electron chi connectivity index (χ3n) is 6.33. The number of ether oxygens (including phenoxy) is 1. The molecule has 0 bridgehead atoms. The van der Waals surface area contributed by atoms with Crippen molar-refractivity contribution in [1.82, 2.24) is 0 Å². The Morgan fingerprint density at radius 1 is 0.903 bits per heavy atom. The van der Waals surface area contributed by atoms with Gasteiger partial charge in [0.15, 0.2) is 14.3 Å². The summed E-state index contributed by atoms with van der Waals surface area (Å²) < 4.78 is 8.66. The maximum atomic E-state index is 12.9. The van der Waals surface area contributed by atoms with Crippen molar-refractivity contribution in [2.24, 2.45) is 5.92 Å². The first kappa shape index (κ1) is 20.0. The van der Waals surface area contributed by atoms with Crippen LogP contribution in [0.3, 0.4) is 0 Å². The molecule has 5 rings (SSSR count). The van der Waals surface area contributed by atoms with Gasteiger partial charge in [-0.05, 0) is 81.6 Å². The Morgan fingerprint density at radius 2 is 1.52 bits per heavy atom. The fourth-order valence-corrected chi connectivity index (χ4v) is 6.98. The van der Waals surface area contributed by atoms with E-state index in [0.29, 0.717) is 5.56 Å². The van der Waals surface area contributed by atoms with E-state index in [0.717, 1.165) is 19.3 Å². The zero-order valence-corrected chi connectivity index (χ0v) is 18.8. The number of hydrogen-bond donors (Lipinski definition) is 0. The summed E-state index contributed by atoms with van der Waals surface area (Å²) in [4.78, 5) is 14.1. The number of thiophene rings is 1. The van der Waals surface area contributed by atoms with Gasteiger partial charge in [-0.1, -0.05) is 36.4 Å². The van der Waals surface area contributed by atoms with Crippen LogP contribution in [0.2, 0.25) is 0 Å². The summed E-state index contributed by atoms with van der Waals surface area (Å²) in [5, 5.41) is 2.62. The van der Waals surface area contributed by atoms with Crippen LogP contribution in [-0.4, -0.2) is 11.6 Å². The zero-order valence-electron chi connectivity index (χ0n) is 18.0. The third kappa shape index (κ3) is 3.68. The second-order valence-electron chi connectivity index (χ2n) is 8.78. The summed E-state index contributed by atoms with van der Waals surface area (Å²) in [7, 11) is -0.146. The first-order valence-electron chi connectivity index (χ1n) is 11.0. The van der Waals surface area contributed by atoms with Crippen LogP contribution >= 0.6 is 10.5 Å². The molecule has 0 saturated heterocycles. The van der Waals surface area contributed by atoms with Crippen LogP contribution in [0.15, 0.2) is 84.9 Å². The highest BCUT2D eigenvalue weighted by Gasteiger charge is 2.33. The highest BCUT2D eigenvalue weighted by Crippen LogP contribution is 2.48. The SMILES string of the molecule is CC(C)(OC(=O)c1ccc(-[s+]2c3ccccc3c3ccccc32)cc1)C1C=CCCC1. The average Bonchev–Trinajstić information content (AvgIpc) is 3.14. The number of fused-ring (bicyclic) bond motifs is 3. The fraction of sp³-hybridized carbons (Fsp3) is 0.250. The van der Waals surface area contributed by atoms with Crippen LogP contribution in [0.1, 0.15) is 43.5 Å². The van der Waals surface area contributed by atoms with Crippen molar-refractivity contribution < 1.29 is 9.53 Å². The number of carbonyl (C=O) groups is 1. The first-order chi connectivity index (χ1) is 15.0. The van der Waals surface area contributed by atoms with E-state index < -0.39 is 5.60 Å². The Balaban J connectivity index is 1.46. The van der Waals surface area contributed by atoms with Gasteiger partial charge >= 0.3 is 5.97 Å². The molecule has 4 aromatic rings. The predicted molar refractivity (Wildman–Crippen MR) is 131 cm³/mol. The molecule has 0 aliphatic heterocycles. The maximum Gasteiger partial charge on any atom is 0.338 e. The van der Waals surface area contributed by atoms with Crippen molar-refractivity contribution in [1.29, 1.82) is 0 Å². The monoisotopic (exact) mass is 427 g/mol. The molecule has 3 aromatic carbocycles. The summed E-state index contributed by atoms with van der Waals surface area (Å²) in [6, 6.07) is 25.3.